The van der Waals surface area contributed by atoms with E-state index in [0.717, 1.165) is 25.9 Å². The zero-order valence-corrected chi connectivity index (χ0v) is 11.7. The summed E-state index contributed by atoms with van der Waals surface area (Å²) in [4.78, 5) is 32.0. The number of piperidine rings is 1. The number of aromatic amines is 1. The first-order valence-corrected chi connectivity index (χ1v) is 6.23. The van der Waals surface area contributed by atoms with Gasteiger partial charge in [-0.05, 0) is 26.2 Å². The van der Waals surface area contributed by atoms with Crippen molar-refractivity contribution in [2.24, 2.45) is 0 Å². The molecule has 0 atom stereocenters. The van der Waals surface area contributed by atoms with Crippen LogP contribution in [0.15, 0.2) is 11.0 Å². The van der Waals surface area contributed by atoms with E-state index >= 15 is 0 Å². The number of hydrogen-bond acceptors (Lipinski definition) is 5. The monoisotopic (exact) mass is 287 g/mol. The molecule has 0 spiro atoms. The highest BCUT2D eigenvalue weighted by Crippen LogP contribution is 2.13. The largest absolute Gasteiger partial charge is 0.462 e. The summed E-state index contributed by atoms with van der Waals surface area (Å²) in [6.45, 7) is 3.72. The van der Waals surface area contributed by atoms with Gasteiger partial charge >= 0.3 is 5.97 Å². The minimum absolute atomic E-state index is 0. The minimum Gasteiger partial charge on any atom is -0.462 e. The normalized spacial score (nSPS) is 14.7. The van der Waals surface area contributed by atoms with Crippen molar-refractivity contribution in [3.8, 4) is 0 Å². The molecule has 0 amide bonds. The lowest BCUT2D eigenvalue weighted by atomic mass is 10.1. The molecule has 6 nitrogen and oxygen atoms in total. The van der Waals surface area contributed by atoms with Gasteiger partial charge in [-0.1, -0.05) is 0 Å². The van der Waals surface area contributed by atoms with E-state index in [9.17, 15) is 9.59 Å². The van der Waals surface area contributed by atoms with Crippen LogP contribution in [-0.2, 0) is 4.74 Å². The van der Waals surface area contributed by atoms with Crippen molar-refractivity contribution in [3.05, 3.63) is 22.1 Å². The van der Waals surface area contributed by atoms with Crippen molar-refractivity contribution < 1.29 is 9.53 Å². The number of carbonyl (C=O) groups excluding carboxylic acids is 1. The number of nitrogens with one attached hydrogen (secondary N) is 1. The summed E-state index contributed by atoms with van der Waals surface area (Å²) in [6, 6.07) is 0. The van der Waals surface area contributed by atoms with Gasteiger partial charge in [0, 0.05) is 13.1 Å². The van der Waals surface area contributed by atoms with Crippen LogP contribution in [0.3, 0.4) is 0 Å². The van der Waals surface area contributed by atoms with Gasteiger partial charge in [0.05, 0.1) is 12.8 Å². The summed E-state index contributed by atoms with van der Waals surface area (Å²) in [7, 11) is 0. The number of carbonyl (C=O) groups is 1. The molecule has 1 fully saturated rings. The number of esters is 1. The number of nitrogens with zero attached hydrogens (tertiary/aromatic N) is 2. The van der Waals surface area contributed by atoms with E-state index in [-0.39, 0.29) is 24.6 Å². The summed E-state index contributed by atoms with van der Waals surface area (Å²) < 4.78 is 4.78. The Bertz CT molecular complexity index is 483. The average molecular weight is 288 g/mol. The molecule has 1 aromatic rings. The second-order valence-electron chi connectivity index (χ2n) is 4.22. The summed E-state index contributed by atoms with van der Waals surface area (Å²) >= 11 is 0. The fraction of sp³-hybridized carbons (Fsp3) is 0.583. The Kier molecular flexibility index (Phi) is 5.82. The predicted octanol–water partition coefficient (Wildman–Crippen LogP) is 1.36. The first-order valence-electron chi connectivity index (χ1n) is 6.23. The van der Waals surface area contributed by atoms with Gasteiger partial charge in [-0.25, -0.2) is 9.78 Å². The molecular formula is C12H18ClN3O3. The van der Waals surface area contributed by atoms with Crippen LogP contribution >= 0.6 is 12.4 Å². The lowest BCUT2D eigenvalue weighted by molar-refractivity contribution is 0.0523. The second-order valence-corrected chi connectivity index (χ2v) is 4.22. The van der Waals surface area contributed by atoms with Crippen LogP contribution in [-0.4, -0.2) is 35.6 Å². The van der Waals surface area contributed by atoms with Crippen molar-refractivity contribution in [3.63, 3.8) is 0 Å². The van der Waals surface area contributed by atoms with Gasteiger partial charge in [0.2, 0.25) is 5.95 Å². The molecule has 0 aromatic carbocycles. The molecular weight excluding hydrogens is 270 g/mol. The molecule has 2 heterocycles. The molecule has 1 aliphatic rings. The Balaban J connectivity index is 0.00000180. The molecule has 1 aromatic heterocycles. The van der Waals surface area contributed by atoms with Crippen LogP contribution in [0.2, 0.25) is 0 Å². The SMILES string of the molecule is CCOC(=O)c1cnc(N2CCCCC2)[nH]c1=O.Cl. The highest BCUT2D eigenvalue weighted by atomic mass is 35.5. The van der Waals surface area contributed by atoms with E-state index in [1.54, 1.807) is 6.92 Å². The second kappa shape index (κ2) is 7.13. The van der Waals surface area contributed by atoms with Crippen molar-refractivity contribution in [1.29, 1.82) is 0 Å². The minimum atomic E-state index is -0.628. The standard InChI is InChI=1S/C12H17N3O3.ClH/c1-2-18-11(17)9-8-13-12(14-10(9)16)15-6-4-3-5-7-15;/h8H,2-7H2,1H3,(H,13,14,16);1H. The fourth-order valence-corrected chi connectivity index (χ4v) is 2.01. The Hall–Kier alpha value is -1.56. The maximum atomic E-state index is 11.8. The van der Waals surface area contributed by atoms with E-state index in [4.69, 9.17) is 4.74 Å². The summed E-state index contributed by atoms with van der Waals surface area (Å²) in [5.74, 6) is -0.0933. The molecule has 1 saturated heterocycles. The lowest BCUT2D eigenvalue weighted by Crippen LogP contribution is -2.33. The molecule has 0 unspecified atom stereocenters. The quantitative estimate of drug-likeness (QED) is 0.850. The molecule has 1 aliphatic heterocycles. The van der Waals surface area contributed by atoms with Crippen LogP contribution in [0.5, 0.6) is 0 Å². The number of hydrogen-bond donors (Lipinski definition) is 1. The Morgan fingerprint density at radius 2 is 2.11 bits per heavy atom. The van der Waals surface area contributed by atoms with Crippen LogP contribution in [0.25, 0.3) is 0 Å². The van der Waals surface area contributed by atoms with Crippen LogP contribution in [0.1, 0.15) is 36.5 Å². The number of halogens is 1. The molecule has 2 rings (SSSR count). The van der Waals surface area contributed by atoms with Crippen LogP contribution in [0.4, 0.5) is 5.95 Å². The zero-order valence-electron chi connectivity index (χ0n) is 10.8. The maximum absolute atomic E-state index is 11.8. The molecule has 1 N–H and O–H groups in total. The smallest absolute Gasteiger partial charge is 0.345 e. The van der Waals surface area contributed by atoms with Gasteiger partial charge in [-0.2, -0.15) is 0 Å². The Labute approximate surface area is 117 Å². The van der Waals surface area contributed by atoms with Gasteiger partial charge < -0.3 is 9.64 Å². The number of anilines is 1. The third kappa shape index (κ3) is 3.70. The highest BCUT2D eigenvalue weighted by molar-refractivity contribution is 5.88. The number of ether oxygens (including phenoxy) is 1. The third-order valence-electron chi connectivity index (χ3n) is 2.94. The Morgan fingerprint density at radius 1 is 1.42 bits per heavy atom. The maximum Gasteiger partial charge on any atom is 0.345 e. The molecule has 0 aliphatic carbocycles. The number of rotatable bonds is 3. The molecule has 19 heavy (non-hydrogen) atoms. The van der Waals surface area contributed by atoms with Gasteiger partial charge in [0.1, 0.15) is 5.56 Å². The molecule has 106 valence electrons. The van der Waals surface area contributed by atoms with Crippen molar-refractivity contribution in [2.45, 2.75) is 26.2 Å². The van der Waals surface area contributed by atoms with Crippen molar-refractivity contribution in [1.82, 2.24) is 9.97 Å². The van der Waals surface area contributed by atoms with E-state index in [2.05, 4.69) is 9.97 Å². The molecule has 0 bridgehead atoms. The topological polar surface area (TPSA) is 75.3 Å². The third-order valence-corrected chi connectivity index (χ3v) is 2.94. The summed E-state index contributed by atoms with van der Waals surface area (Å²) in [5.41, 5.74) is -0.485. The van der Waals surface area contributed by atoms with Crippen molar-refractivity contribution >= 4 is 24.3 Å². The highest BCUT2D eigenvalue weighted by Gasteiger charge is 2.16. The van der Waals surface area contributed by atoms with E-state index in [0.29, 0.717) is 5.95 Å². The van der Waals surface area contributed by atoms with Gasteiger partial charge in [-0.15, -0.1) is 12.4 Å². The van der Waals surface area contributed by atoms with Gasteiger partial charge in [0.25, 0.3) is 5.56 Å². The predicted molar refractivity (Wildman–Crippen MR) is 74.1 cm³/mol. The Morgan fingerprint density at radius 3 is 2.68 bits per heavy atom. The van der Waals surface area contributed by atoms with Gasteiger partial charge in [0.15, 0.2) is 0 Å². The zero-order chi connectivity index (χ0) is 13.0. The van der Waals surface area contributed by atoms with Gasteiger partial charge in [-0.3, -0.25) is 9.78 Å². The summed E-state index contributed by atoms with van der Waals surface area (Å²) in [5, 5.41) is 0. The van der Waals surface area contributed by atoms with Crippen LogP contribution < -0.4 is 10.5 Å². The lowest BCUT2D eigenvalue weighted by Gasteiger charge is -2.26. The van der Waals surface area contributed by atoms with E-state index in [1.807, 2.05) is 4.90 Å². The molecule has 0 radical (unpaired) electrons. The fourth-order valence-electron chi connectivity index (χ4n) is 2.01. The summed E-state index contributed by atoms with van der Waals surface area (Å²) in [6.07, 6.45) is 4.70. The molecule has 7 heteroatoms. The number of aromatic nitrogens is 2. The van der Waals surface area contributed by atoms with E-state index < -0.39 is 11.5 Å². The van der Waals surface area contributed by atoms with Crippen LogP contribution in [0, 0.1) is 0 Å². The van der Waals surface area contributed by atoms with Crippen molar-refractivity contribution in [2.75, 3.05) is 24.6 Å². The number of H-pyrrole nitrogens is 1. The van der Waals surface area contributed by atoms with E-state index in [1.165, 1.54) is 12.6 Å². The first kappa shape index (κ1) is 15.5. The average Bonchev–Trinajstić information content (AvgIpc) is 2.40. The molecule has 0 saturated carbocycles. The first-order chi connectivity index (χ1) is 8.72.